The lowest BCUT2D eigenvalue weighted by atomic mass is 10.2. The summed E-state index contributed by atoms with van der Waals surface area (Å²) in [4.78, 5) is 11.7. The lowest BCUT2D eigenvalue weighted by molar-refractivity contribution is 0.0945. The number of carbonyl (C=O) groups excluding carboxylic acids is 1. The van der Waals surface area contributed by atoms with Gasteiger partial charge in [-0.25, -0.2) is 8.78 Å². The Bertz CT molecular complexity index is 604. The minimum atomic E-state index is -0.960. The van der Waals surface area contributed by atoms with Crippen LogP contribution in [0.3, 0.4) is 0 Å². The molecule has 2 rings (SSSR count). The van der Waals surface area contributed by atoms with Gasteiger partial charge in [-0.3, -0.25) is 4.79 Å². The summed E-state index contributed by atoms with van der Waals surface area (Å²) in [5.74, 6) is -2.37. The number of rotatable bonds is 3. The van der Waals surface area contributed by atoms with E-state index in [1.165, 1.54) is 18.2 Å². The number of benzene rings is 1. The van der Waals surface area contributed by atoms with E-state index in [9.17, 15) is 13.6 Å². The number of hydrogen-bond donors (Lipinski definition) is 1. The lowest BCUT2D eigenvalue weighted by Gasteiger charge is -2.05. The predicted molar refractivity (Wildman–Crippen MR) is 64.6 cm³/mol. The second kappa shape index (κ2) is 5.71. The fourth-order valence-corrected chi connectivity index (χ4v) is 1.46. The summed E-state index contributed by atoms with van der Waals surface area (Å²) in [6.07, 6.45) is 0. The molecule has 1 heterocycles. The van der Waals surface area contributed by atoms with Crippen LogP contribution in [0.2, 0.25) is 5.15 Å². The standard InChI is InChI=1S/C12H8ClF2N3O/c13-11-4-3-10(17-18-11)12(19)16-6-7-1-2-8(14)9(15)5-7/h1-5H,6H2,(H,16,19). The van der Waals surface area contributed by atoms with Crippen LogP contribution >= 0.6 is 11.6 Å². The number of halogens is 3. The van der Waals surface area contributed by atoms with Crippen LogP contribution in [0.25, 0.3) is 0 Å². The normalized spacial score (nSPS) is 10.3. The van der Waals surface area contributed by atoms with Crippen molar-refractivity contribution in [1.82, 2.24) is 15.5 Å². The molecule has 4 nitrogen and oxygen atoms in total. The number of amides is 1. The van der Waals surface area contributed by atoms with Crippen molar-refractivity contribution < 1.29 is 13.6 Å². The van der Waals surface area contributed by atoms with E-state index in [-0.39, 0.29) is 17.4 Å². The maximum atomic E-state index is 12.9. The largest absolute Gasteiger partial charge is 0.347 e. The molecule has 1 amide bonds. The molecule has 0 unspecified atom stereocenters. The molecule has 0 fully saturated rings. The van der Waals surface area contributed by atoms with Crippen LogP contribution < -0.4 is 5.32 Å². The van der Waals surface area contributed by atoms with Gasteiger partial charge in [-0.05, 0) is 29.8 Å². The second-order valence-electron chi connectivity index (χ2n) is 3.67. The first kappa shape index (κ1) is 13.4. The smallest absolute Gasteiger partial charge is 0.272 e. The average molecular weight is 284 g/mol. The summed E-state index contributed by atoms with van der Waals surface area (Å²) in [6.45, 7) is 0.0559. The predicted octanol–water partition coefficient (Wildman–Crippen LogP) is 2.34. The molecular formula is C12H8ClF2N3O. The molecule has 0 bridgehead atoms. The molecule has 2 aromatic rings. The number of nitrogens with one attached hydrogen (secondary N) is 1. The van der Waals surface area contributed by atoms with E-state index in [0.717, 1.165) is 12.1 Å². The molecule has 0 atom stereocenters. The van der Waals surface area contributed by atoms with Gasteiger partial charge >= 0.3 is 0 Å². The Hall–Kier alpha value is -2.08. The highest BCUT2D eigenvalue weighted by Gasteiger charge is 2.08. The van der Waals surface area contributed by atoms with Crippen LogP contribution in [0.1, 0.15) is 16.1 Å². The molecule has 1 aromatic heterocycles. The van der Waals surface area contributed by atoms with Gasteiger partial charge < -0.3 is 5.32 Å². The molecule has 98 valence electrons. The van der Waals surface area contributed by atoms with Gasteiger partial charge in [-0.2, -0.15) is 0 Å². The Balaban J connectivity index is 2.00. The van der Waals surface area contributed by atoms with Crippen LogP contribution in [-0.4, -0.2) is 16.1 Å². The Morgan fingerprint density at radius 1 is 1.16 bits per heavy atom. The highest BCUT2D eigenvalue weighted by Crippen LogP contribution is 2.08. The van der Waals surface area contributed by atoms with Crippen molar-refractivity contribution in [3.8, 4) is 0 Å². The van der Waals surface area contributed by atoms with Crippen molar-refractivity contribution in [2.75, 3.05) is 0 Å². The highest BCUT2D eigenvalue weighted by molar-refractivity contribution is 6.29. The van der Waals surface area contributed by atoms with Crippen molar-refractivity contribution in [3.63, 3.8) is 0 Å². The second-order valence-corrected chi connectivity index (χ2v) is 4.06. The number of hydrogen-bond acceptors (Lipinski definition) is 3. The molecule has 0 spiro atoms. The van der Waals surface area contributed by atoms with Gasteiger partial charge in [0.25, 0.3) is 5.91 Å². The average Bonchev–Trinajstić information content (AvgIpc) is 2.40. The number of nitrogens with zero attached hydrogens (tertiary/aromatic N) is 2. The Morgan fingerprint density at radius 3 is 2.58 bits per heavy atom. The van der Waals surface area contributed by atoms with Gasteiger partial charge in [0.1, 0.15) is 0 Å². The third kappa shape index (κ3) is 3.45. The molecule has 19 heavy (non-hydrogen) atoms. The van der Waals surface area contributed by atoms with Crippen molar-refractivity contribution in [2.24, 2.45) is 0 Å². The quantitative estimate of drug-likeness (QED) is 0.941. The van der Waals surface area contributed by atoms with Gasteiger partial charge in [-0.15, -0.1) is 10.2 Å². The Labute approximate surface area is 112 Å². The SMILES string of the molecule is O=C(NCc1ccc(F)c(F)c1)c1ccc(Cl)nn1. The molecule has 0 aliphatic carbocycles. The first-order valence-corrected chi connectivity index (χ1v) is 5.65. The topological polar surface area (TPSA) is 54.9 Å². The van der Waals surface area contributed by atoms with E-state index in [1.807, 2.05) is 0 Å². The first-order valence-electron chi connectivity index (χ1n) is 5.27. The van der Waals surface area contributed by atoms with Crippen molar-refractivity contribution in [1.29, 1.82) is 0 Å². The summed E-state index contributed by atoms with van der Waals surface area (Å²) in [5, 5.41) is 9.81. The van der Waals surface area contributed by atoms with Gasteiger partial charge in [0, 0.05) is 6.54 Å². The summed E-state index contributed by atoms with van der Waals surface area (Å²) in [7, 11) is 0. The molecule has 0 saturated heterocycles. The third-order valence-corrected chi connectivity index (χ3v) is 2.50. The van der Waals surface area contributed by atoms with Crippen LogP contribution in [-0.2, 0) is 6.54 Å². The number of carbonyl (C=O) groups is 1. The van der Waals surface area contributed by atoms with Crippen molar-refractivity contribution >= 4 is 17.5 Å². The van der Waals surface area contributed by atoms with Gasteiger partial charge in [0.15, 0.2) is 22.5 Å². The van der Waals surface area contributed by atoms with Crippen molar-refractivity contribution in [2.45, 2.75) is 6.54 Å². The van der Waals surface area contributed by atoms with E-state index < -0.39 is 17.5 Å². The monoisotopic (exact) mass is 283 g/mol. The highest BCUT2D eigenvalue weighted by atomic mass is 35.5. The lowest BCUT2D eigenvalue weighted by Crippen LogP contribution is -2.24. The summed E-state index contributed by atoms with van der Waals surface area (Å²) < 4.78 is 25.7. The minimum Gasteiger partial charge on any atom is -0.347 e. The molecular weight excluding hydrogens is 276 g/mol. The van der Waals surface area contributed by atoms with E-state index in [2.05, 4.69) is 15.5 Å². The molecule has 1 N–H and O–H groups in total. The summed E-state index contributed by atoms with van der Waals surface area (Å²) >= 11 is 5.54. The molecule has 0 radical (unpaired) electrons. The zero-order chi connectivity index (χ0) is 13.8. The maximum absolute atomic E-state index is 12.9. The van der Waals surface area contributed by atoms with Crippen LogP contribution in [0.15, 0.2) is 30.3 Å². The van der Waals surface area contributed by atoms with Crippen LogP contribution in [0.5, 0.6) is 0 Å². The zero-order valence-corrected chi connectivity index (χ0v) is 10.3. The molecule has 0 saturated carbocycles. The zero-order valence-electron chi connectivity index (χ0n) is 9.53. The molecule has 0 aliphatic heterocycles. The Morgan fingerprint density at radius 2 is 1.95 bits per heavy atom. The fourth-order valence-electron chi connectivity index (χ4n) is 1.36. The van der Waals surface area contributed by atoms with E-state index in [0.29, 0.717) is 5.56 Å². The van der Waals surface area contributed by atoms with Gasteiger partial charge in [0.2, 0.25) is 0 Å². The molecule has 0 aliphatic rings. The van der Waals surface area contributed by atoms with Gasteiger partial charge in [0.05, 0.1) is 0 Å². The van der Waals surface area contributed by atoms with Crippen LogP contribution in [0, 0.1) is 11.6 Å². The van der Waals surface area contributed by atoms with E-state index in [4.69, 9.17) is 11.6 Å². The summed E-state index contributed by atoms with van der Waals surface area (Å²) in [6, 6.07) is 6.24. The molecule has 7 heteroatoms. The molecule has 1 aromatic carbocycles. The first-order chi connectivity index (χ1) is 9.06. The van der Waals surface area contributed by atoms with Crippen LogP contribution in [0.4, 0.5) is 8.78 Å². The minimum absolute atomic E-state index is 0.0559. The Kier molecular flexibility index (Phi) is 4.01. The van der Waals surface area contributed by atoms with E-state index >= 15 is 0 Å². The summed E-state index contributed by atoms with van der Waals surface area (Å²) in [5.41, 5.74) is 0.529. The van der Waals surface area contributed by atoms with Crippen molar-refractivity contribution in [3.05, 3.63) is 58.4 Å². The fraction of sp³-hybridized carbons (Fsp3) is 0.0833. The van der Waals surface area contributed by atoms with E-state index in [1.54, 1.807) is 0 Å². The maximum Gasteiger partial charge on any atom is 0.272 e. The van der Waals surface area contributed by atoms with Gasteiger partial charge in [-0.1, -0.05) is 17.7 Å². The third-order valence-electron chi connectivity index (χ3n) is 2.30. The number of aromatic nitrogens is 2.